The maximum Gasteiger partial charge on any atom is 0.469 e. The van der Waals surface area contributed by atoms with Gasteiger partial charge in [0.15, 0.2) is 0 Å². The topological polar surface area (TPSA) is 29.5 Å². The standard InChI is InChI=1S/C8H4F4O2/c9-7(10)5-3-4(13)1-2-6(5)14-8(7,11)12/h1-3,13H. The van der Waals surface area contributed by atoms with Crippen LogP contribution in [0.5, 0.6) is 11.5 Å². The quantitative estimate of drug-likeness (QED) is 0.663. The number of hydrogen-bond donors (Lipinski definition) is 1. The van der Waals surface area contributed by atoms with Crippen LogP contribution < -0.4 is 4.74 Å². The van der Waals surface area contributed by atoms with Crippen molar-refractivity contribution in [2.24, 2.45) is 0 Å². The predicted octanol–water partition coefficient (Wildman–Crippen LogP) is 2.47. The van der Waals surface area contributed by atoms with E-state index in [2.05, 4.69) is 4.74 Å². The SMILES string of the molecule is Oc1ccc2c(c1)C(F)(F)C(F)(F)O2. The Kier molecular flexibility index (Phi) is 1.51. The molecule has 0 bridgehead atoms. The van der Waals surface area contributed by atoms with Gasteiger partial charge in [0.2, 0.25) is 0 Å². The van der Waals surface area contributed by atoms with Gasteiger partial charge in [-0.1, -0.05) is 0 Å². The highest BCUT2D eigenvalue weighted by Crippen LogP contribution is 2.53. The summed E-state index contributed by atoms with van der Waals surface area (Å²) in [5.74, 6) is -5.52. The van der Waals surface area contributed by atoms with Gasteiger partial charge in [-0.2, -0.15) is 17.6 Å². The van der Waals surface area contributed by atoms with Crippen LogP contribution in [-0.2, 0) is 5.92 Å². The van der Waals surface area contributed by atoms with Gasteiger partial charge in [0.05, 0.1) is 5.56 Å². The molecule has 0 radical (unpaired) electrons. The predicted molar refractivity (Wildman–Crippen MR) is 37.6 cm³/mol. The highest BCUT2D eigenvalue weighted by Gasteiger charge is 2.66. The Morgan fingerprint density at radius 3 is 2.43 bits per heavy atom. The van der Waals surface area contributed by atoms with Crippen molar-refractivity contribution >= 4 is 0 Å². The Labute approximate surface area is 75.7 Å². The molecule has 1 N–H and O–H groups in total. The summed E-state index contributed by atoms with van der Waals surface area (Å²) in [6.45, 7) is 0. The third-order valence-corrected chi connectivity index (χ3v) is 1.91. The molecule has 0 saturated carbocycles. The van der Waals surface area contributed by atoms with E-state index in [1.165, 1.54) is 0 Å². The van der Waals surface area contributed by atoms with Crippen LogP contribution in [0.4, 0.5) is 17.6 Å². The maximum atomic E-state index is 12.9. The third-order valence-electron chi connectivity index (χ3n) is 1.91. The molecule has 0 spiro atoms. The minimum Gasteiger partial charge on any atom is -0.508 e. The van der Waals surface area contributed by atoms with E-state index in [0.717, 1.165) is 12.1 Å². The number of fused-ring (bicyclic) bond motifs is 1. The van der Waals surface area contributed by atoms with Crippen molar-refractivity contribution in [2.45, 2.75) is 12.0 Å². The van der Waals surface area contributed by atoms with Gasteiger partial charge in [-0.25, -0.2) is 0 Å². The van der Waals surface area contributed by atoms with E-state index in [0.29, 0.717) is 6.07 Å². The number of halogens is 4. The summed E-state index contributed by atoms with van der Waals surface area (Å²) >= 11 is 0. The van der Waals surface area contributed by atoms with Crippen LogP contribution in [0.1, 0.15) is 5.56 Å². The van der Waals surface area contributed by atoms with Crippen molar-refractivity contribution in [3.63, 3.8) is 0 Å². The maximum absolute atomic E-state index is 12.9. The van der Waals surface area contributed by atoms with Gasteiger partial charge in [0, 0.05) is 0 Å². The normalized spacial score (nSPS) is 21.4. The molecule has 1 heterocycles. The molecule has 2 nitrogen and oxygen atoms in total. The molecular weight excluding hydrogens is 204 g/mol. The summed E-state index contributed by atoms with van der Waals surface area (Å²) in [5, 5.41) is 8.87. The molecule has 14 heavy (non-hydrogen) atoms. The smallest absolute Gasteiger partial charge is 0.469 e. The number of ether oxygens (including phenoxy) is 1. The fourth-order valence-electron chi connectivity index (χ4n) is 1.21. The highest BCUT2D eigenvalue weighted by atomic mass is 19.3. The van der Waals surface area contributed by atoms with Crippen LogP contribution in [0.15, 0.2) is 18.2 Å². The van der Waals surface area contributed by atoms with E-state index in [1.807, 2.05) is 0 Å². The lowest BCUT2D eigenvalue weighted by atomic mass is 10.1. The molecule has 1 aromatic carbocycles. The van der Waals surface area contributed by atoms with Crippen LogP contribution in [0, 0.1) is 0 Å². The van der Waals surface area contributed by atoms with Crippen molar-refractivity contribution in [3.05, 3.63) is 23.8 Å². The Balaban J connectivity index is 2.62. The average Bonchev–Trinajstić information content (AvgIpc) is 2.22. The fourth-order valence-corrected chi connectivity index (χ4v) is 1.21. The molecule has 1 aliphatic heterocycles. The number of phenolic OH excluding ortho intramolecular Hbond substituents is 1. The van der Waals surface area contributed by atoms with E-state index in [1.54, 1.807) is 0 Å². The second-order valence-corrected chi connectivity index (χ2v) is 2.87. The minimum absolute atomic E-state index is 0.510. The van der Waals surface area contributed by atoms with Crippen molar-refractivity contribution in [1.29, 1.82) is 0 Å². The lowest BCUT2D eigenvalue weighted by molar-refractivity contribution is -0.296. The molecule has 1 aliphatic rings. The van der Waals surface area contributed by atoms with E-state index < -0.39 is 29.1 Å². The monoisotopic (exact) mass is 208 g/mol. The van der Waals surface area contributed by atoms with Crippen LogP contribution in [0.25, 0.3) is 0 Å². The van der Waals surface area contributed by atoms with Crippen molar-refractivity contribution in [3.8, 4) is 11.5 Å². The fraction of sp³-hybridized carbons (Fsp3) is 0.250. The molecule has 0 fully saturated rings. The highest BCUT2D eigenvalue weighted by molar-refractivity contribution is 5.46. The Morgan fingerprint density at radius 1 is 1.14 bits per heavy atom. The minimum atomic E-state index is -4.55. The first-order valence-electron chi connectivity index (χ1n) is 3.63. The molecule has 0 aromatic heterocycles. The largest absolute Gasteiger partial charge is 0.508 e. The van der Waals surface area contributed by atoms with E-state index in [4.69, 9.17) is 5.11 Å². The lowest BCUT2D eigenvalue weighted by Gasteiger charge is -2.15. The number of hydrogen-bond acceptors (Lipinski definition) is 2. The first kappa shape index (κ1) is 9.11. The van der Waals surface area contributed by atoms with Crippen LogP contribution in [0.2, 0.25) is 0 Å². The number of benzene rings is 1. The summed E-state index contributed by atoms with van der Waals surface area (Å²) in [6.07, 6.45) is -4.55. The molecule has 76 valence electrons. The van der Waals surface area contributed by atoms with Gasteiger partial charge in [0.25, 0.3) is 0 Å². The molecule has 6 heteroatoms. The molecule has 0 aliphatic carbocycles. The first-order chi connectivity index (χ1) is 6.34. The summed E-state index contributed by atoms with van der Waals surface area (Å²) in [7, 11) is 0. The Hall–Kier alpha value is -1.46. The molecule has 0 atom stereocenters. The van der Waals surface area contributed by atoms with E-state index in [-0.39, 0.29) is 0 Å². The molecular formula is C8H4F4O2. The van der Waals surface area contributed by atoms with Gasteiger partial charge in [0.1, 0.15) is 11.5 Å². The third kappa shape index (κ3) is 0.964. The van der Waals surface area contributed by atoms with Crippen molar-refractivity contribution < 1.29 is 27.4 Å². The molecule has 1 aromatic rings. The lowest BCUT2D eigenvalue weighted by Crippen LogP contribution is -2.36. The van der Waals surface area contributed by atoms with Crippen molar-refractivity contribution in [1.82, 2.24) is 0 Å². The molecule has 0 amide bonds. The summed E-state index contributed by atoms with van der Waals surface area (Å²) in [5.41, 5.74) is -0.998. The van der Waals surface area contributed by atoms with Gasteiger partial charge < -0.3 is 9.84 Å². The number of phenols is 1. The zero-order valence-corrected chi connectivity index (χ0v) is 6.60. The molecule has 0 unspecified atom stereocenters. The zero-order valence-electron chi connectivity index (χ0n) is 6.60. The van der Waals surface area contributed by atoms with E-state index in [9.17, 15) is 17.6 Å². The van der Waals surface area contributed by atoms with Crippen LogP contribution >= 0.6 is 0 Å². The average molecular weight is 208 g/mol. The first-order valence-corrected chi connectivity index (χ1v) is 3.63. The molecule has 0 saturated heterocycles. The second-order valence-electron chi connectivity index (χ2n) is 2.87. The molecule has 2 rings (SSSR count). The van der Waals surface area contributed by atoms with Gasteiger partial charge in [-0.15, -0.1) is 0 Å². The second kappa shape index (κ2) is 2.31. The van der Waals surface area contributed by atoms with Crippen molar-refractivity contribution in [2.75, 3.05) is 0 Å². The van der Waals surface area contributed by atoms with Gasteiger partial charge >= 0.3 is 12.0 Å². The zero-order chi connectivity index (χ0) is 10.6. The van der Waals surface area contributed by atoms with Crippen LogP contribution in [-0.4, -0.2) is 11.2 Å². The van der Waals surface area contributed by atoms with Gasteiger partial charge in [-0.3, -0.25) is 0 Å². The van der Waals surface area contributed by atoms with Crippen LogP contribution in [0.3, 0.4) is 0 Å². The summed E-state index contributed by atoms with van der Waals surface area (Å²) in [6, 6.07) is 2.44. The number of alkyl halides is 4. The van der Waals surface area contributed by atoms with Gasteiger partial charge in [-0.05, 0) is 18.2 Å². The summed E-state index contributed by atoms with van der Waals surface area (Å²) in [4.78, 5) is 0. The number of aromatic hydroxyl groups is 1. The Morgan fingerprint density at radius 2 is 1.79 bits per heavy atom. The summed E-state index contributed by atoms with van der Waals surface area (Å²) < 4.78 is 54.8. The van der Waals surface area contributed by atoms with E-state index >= 15 is 0 Å². The number of rotatable bonds is 0. The Bertz CT molecular complexity index is 389.